The summed E-state index contributed by atoms with van der Waals surface area (Å²) in [5.41, 5.74) is 0.804. The van der Waals surface area contributed by atoms with E-state index in [2.05, 4.69) is 9.97 Å². The summed E-state index contributed by atoms with van der Waals surface area (Å²) < 4.78 is 5.50. The summed E-state index contributed by atoms with van der Waals surface area (Å²) in [4.78, 5) is 19.7. The average molecular weight is 236 g/mol. The van der Waals surface area contributed by atoms with E-state index in [1.165, 1.54) is 0 Å². The molecule has 1 aliphatic rings. The van der Waals surface area contributed by atoms with Crippen molar-refractivity contribution in [3.05, 3.63) is 22.8 Å². The topological polar surface area (TPSA) is 72.3 Å². The van der Waals surface area contributed by atoms with E-state index >= 15 is 0 Å². The first-order valence-corrected chi connectivity index (χ1v) is 5.64. The Balaban J connectivity index is 2.49. The molecule has 1 aromatic rings. The van der Waals surface area contributed by atoms with Crippen molar-refractivity contribution in [2.24, 2.45) is 0 Å². The second-order valence-electron chi connectivity index (χ2n) is 4.45. The molecule has 0 spiro atoms. The number of aromatic carboxylic acids is 1. The summed E-state index contributed by atoms with van der Waals surface area (Å²) in [5, 5.41) is 9.06. The molecule has 17 heavy (non-hydrogen) atoms. The van der Waals surface area contributed by atoms with Crippen LogP contribution in [0.5, 0.6) is 0 Å². The molecule has 0 amide bonds. The number of aromatic nitrogens is 2. The van der Waals surface area contributed by atoms with E-state index in [-0.39, 0.29) is 5.56 Å². The van der Waals surface area contributed by atoms with E-state index in [0.29, 0.717) is 17.2 Å². The van der Waals surface area contributed by atoms with Crippen molar-refractivity contribution in [2.75, 3.05) is 7.11 Å². The highest BCUT2D eigenvalue weighted by atomic mass is 16.5. The third kappa shape index (κ3) is 1.80. The fraction of sp³-hybridized carbons (Fsp3) is 0.583. The zero-order chi connectivity index (χ0) is 12.6. The Bertz CT molecular complexity index is 438. The maximum absolute atomic E-state index is 11.0. The van der Waals surface area contributed by atoms with Gasteiger partial charge in [0.15, 0.2) is 5.82 Å². The fourth-order valence-electron chi connectivity index (χ4n) is 2.25. The Morgan fingerprint density at radius 2 is 1.82 bits per heavy atom. The maximum Gasteiger partial charge on any atom is 0.339 e. The summed E-state index contributed by atoms with van der Waals surface area (Å²) in [6.07, 6.45) is 2.89. The first-order valence-electron chi connectivity index (χ1n) is 5.64. The largest absolute Gasteiger partial charge is 0.478 e. The van der Waals surface area contributed by atoms with Crippen LogP contribution in [0.15, 0.2) is 0 Å². The van der Waals surface area contributed by atoms with Gasteiger partial charge in [-0.3, -0.25) is 0 Å². The zero-order valence-electron chi connectivity index (χ0n) is 10.3. The van der Waals surface area contributed by atoms with Crippen LogP contribution in [0, 0.1) is 13.8 Å². The molecule has 0 aromatic carbocycles. The van der Waals surface area contributed by atoms with Crippen molar-refractivity contribution in [3.8, 4) is 0 Å². The molecule has 5 nitrogen and oxygen atoms in total. The van der Waals surface area contributed by atoms with Gasteiger partial charge in [0.05, 0.1) is 11.4 Å². The molecule has 0 atom stereocenters. The van der Waals surface area contributed by atoms with Gasteiger partial charge in [-0.05, 0) is 33.1 Å². The number of ether oxygens (including phenoxy) is 1. The first-order chi connectivity index (χ1) is 8.00. The van der Waals surface area contributed by atoms with E-state index in [1.54, 1.807) is 21.0 Å². The Morgan fingerprint density at radius 1 is 1.29 bits per heavy atom. The molecule has 1 aliphatic carbocycles. The van der Waals surface area contributed by atoms with Crippen molar-refractivity contribution < 1.29 is 14.6 Å². The molecular weight excluding hydrogens is 220 g/mol. The van der Waals surface area contributed by atoms with Crippen molar-refractivity contribution in [2.45, 2.75) is 38.7 Å². The van der Waals surface area contributed by atoms with Gasteiger partial charge < -0.3 is 9.84 Å². The second-order valence-corrected chi connectivity index (χ2v) is 4.45. The number of carbonyl (C=O) groups is 1. The summed E-state index contributed by atoms with van der Waals surface area (Å²) in [6.45, 7) is 3.40. The number of aryl methyl sites for hydroxylation is 2. The van der Waals surface area contributed by atoms with E-state index in [0.717, 1.165) is 19.3 Å². The van der Waals surface area contributed by atoms with Crippen LogP contribution in [0.3, 0.4) is 0 Å². The molecule has 0 unspecified atom stereocenters. The first kappa shape index (κ1) is 12.0. The van der Waals surface area contributed by atoms with E-state index in [9.17, 15) is 4.79 Å². The van der Waals surface area contributed by atoms with Crippen LogP contribution in [0.4, 0.5) is 0 Å². The predicted octanol–water partition coefficient (Wildman–Crippen LogP) is 1.82. The van der Waals surface area contributed by atoms with Gasteiger partial charge in [-0.25, -0.2) is 14.8 Å². The predicted molar refractivity (Wildman–Crippen MR) is 61.0 cm³/mol. The van der Waals surface area contributed by atoms with Gasteiger partial charge in [0.25, 0.3) is 0 Å². The minimum atomic E-state index is -0.980. The number of rotatable bonds is 3. The van der Waals surface area contributed by atoms with E-state index < -0.39 is 11.6 Å². The lowest BCUT2D eigenvalue weighted by Gasteiger charge is -2.39. The number of methoxy groups -OCH3 is 1. The van der Waals surface area contributed by atoms with Crippen LogP contribution in [-0.4, -0.2) is 28.2 Å². The van der Waals surface area contributed by atoms with Crippen LogP contribution in [0.25, 0.3) is 0 Å². The quantitative estimate of drug-likeness (QED) is 0.866. The monoisotopic (exact) mass is 236 g/mol. The average Bonchev–Trinajstić information content (AvgIpc) is 2.14. The Kier molecular flexibility index (Phi) is 2.87. The Hall–Kier alpha value is -1.49. The van der Waals surface area contributed by atoms with Gasteiger partial charge in [0.2, 0.25) is 0 Å². The standard InChI is InChI=1S/C12H16N2O3/c1-7-9(10(15)16)8(2)14-11(13-7)12(17-3)5-4-6-12/h4-6H2,1-3H3,(H,15,16). The minimum absolute atomic E-state index is 0.194. The SMILES string of the molecule is COC1(c2nc(C)c(C(=O)O)c(C)n2)CCC1. The lowest BCUT2D eigenvalue weighted by molar-refractivity contribution is -0.0849. The van der Waals surface area contributed by atoms with Gasteiger partial charge in [0, 0.05) is 7.11 Å². The smallest absolute Gasteiger partial charge is 0.339 e. The Morgan fingerprint density at radius 3 is 2.12 bits per heavy atom. The van der Waals surface area contributed by atoms with Crippen molar-refractivity contribution in [1.82, 2.24) is 9.97 Å². The molecule has 1 aromatic heterocycles. The van der Waals surface area contributed by atoms with Gasteiger partial charge in [-0.1, -0.05) is 0 Å². The third-order valence-electron chi connectivity index (χ3n) is 3.44. The molecule has 0 bridgehead atoms. The molecule has 92 valence electrons. The molecule has 0 aliphatic heterocycles. The molecule has 0 radical (unpaired) electrons. The van der Waals surface area contributed by atoms with Crippen molar-refractivity contribution in [3.63, 3.8) is 0 Å². The molecule has 0 saturated heterocycles. The van der Waals surface area contributed by atoms with Crippen LogP contribution < -0.4 is 0 Å². The molecule has 2 rings (SSSR count). The van der Waals surface area contributed by atoms with E-state index in [4.69, 9.17) is 9.84 Å². The third-order valence-corrected chi connectivity index (χ3v) is 3.44. The number of carboxylic acids is 1. The number of nitrogens with zero attached hydrogens (tertiary/aromatic N) is 2. The van der Waals surface area contributed by atoms with Crippen LogP contribution in [0.2, 0.25) is 0 Å². The number of hydrogen-bond donors (Lipinski definition) is 1. The molecule has 1 heterocycles. The van der Waals surface area contributed by atoms with E-state index in [1.807, 2.05) is 0 Å². The molecule has 1 N–H and O–H groups in total. The lowest BCUT2D eigenvalue weighted by atomic mass is 9.79. The zero-order valence-corrected chi connectivity index (χ0v) is 10.3. The normalized spacial score (nSPS) is 17.6. The number of carboxylic acid groups (broad SMARTS) is 1. The molecule has 1 saturated carbocycles. The molecular formula is C12H16N2O3. The summed E-state index contributed by atoms with van der Waals surface area (Å²) >= 11 is 0. The van der Waals surface area contributed by atoms with Gasteiger partial charge >= 0.3 is 5.97 Å². The molecule has 5 heteroatoms. The summed E-state index contributed by atoms with van der Waals surface area (Å²) in [6, 6.07) is 0. The van der Waals surface area contributed by atoms with Crippen molar-refractivity contribution in [1.29, 1.82) is 0 Å². The van der Waals surface area contributed by atoms with Gasteiger partial charge in [-0.15, -0.1) is 0 Å². The van der Waals surface area contributed by atoms with Gasteiger partial charge in [0.1, 0.15) is 11.2 Å². The van der Waals surface area contributed by atoms with Gasteiger partial charge in [-0.2, -0.15) is 0 Å². The number of hydrogen-bond acceptors (Lipinski definition) is 4. The maximum atomic E-state index is 11.0. The highest BCUT2D eigenvalue weighted by molar-refractivity contribution is 5.89. The summed E-state index contributed by atoms with van der Waals surface area (Å²) in [7, 11) is 1.65. The van der Waals surface area contributed by atoms with Crippen LogP contribution >= 0.6 is 0 Å². The summed E-state index contributed by atoms with van der Waals surface area (Å²) in [5.74, 6) is -0.363. The second kappa shape index (κ2) is 4.07. The van der Waals surface area contributed by atoms with Crippen LogP contribution in [-0.2, 0) is 10.3 Å². The van der Waals surface area contributed by atoms with Crippen molar-refractivity contribution >= 4 is 5.97 Å². The fourth-order valence-corrected chi connectivity index (χ4v) is 2.25. The highest BCUT2D eigenvalue weighted by Crippen LogP contribution is 2.42. The van der Waals surface area contributed by atoms with Crippen LogP contribution in [0.1, 0.15) is 46.8 Å². The lowest BCUT2D eigenvalue weighted by Crippen LogP contribution is -2.38. The minimum Gasteiger partial charge on any atom is -0.478 e. The Labute approximate surface area is 99.9 Å². The molecule has 1 fully saturated rings. The highest BCUT2D eigenvalue weighted by Gasteiger charge is 2.42.